The number of ether oxygens (including phenoxy) is 1. The Hall–Kier alpha value is -1.49. The lowest BCUT2D eigenvalue weighted by Crippen LogP contribution is -2.08. The molecule has 0 fully saturated rings. The van der Waals surface area contributed by atoms with E-state index in [4.69, 9.17) is 10.00 Å². The molecule has 0 amide bonds. The highest BCUT2D eigenvalue weighted by Gasteiger charge is 2.10. The van der Waals surface area contributed by atoms with E-state index in [0.29, 0.717) is 5.56 Å². The van der Waals surface area contributed by atoms with Crippen LogP contribution in [0.4, 0.5) is 0 Å². The fourth-order valence-electron chi connectivity index (χ4n) is 1.36. The summed E-state index contributed by atoms with van der Waals surface area (Å²) in [6.07, 6.45) is 0.135. The van der Waals surface area contributed by atoms with Crippen molar-refractivity contribution < 1.29 is 4.74 Å². The normalized spacial score (nSPS) is 10.5. The lowest BCUT2D eigenvalue weighted by molar-refractivity contribution is 0.239. The smallest absolute Gasteiger partial charge is 0.123 e. The first-order chi connectivity index (χ1) is 7.04. The quantitative estimate of drug-likeness (QED) is 0.753. The van der Waals surface area contributed by atoms with Crippen molar-refractivity contribution in [1.82, 2.24) is 0 Å². The van der Waals surface area contributed by atoms with E-state index < -0.39 is 0 Å². The number of nitriles is 1. The third kappa shape index (κ3) is 2.99. The summed E-state index contributed by atoms with van der Waals surface area (Å²) >= 11 is 0. The Balaban J connectivity index is 3.11. The van der Waals surface area contributed by atoms with Crippen molar-refractivity contribution in [2.75, 3.05) is 0 Å². The van der Waals surface area contributed by atoms with Gasteiger partial charge in [-0.05, 0) is 50.5 Å². The molecule has 0 aromatic heterocycles. The van der Waals surface area contributed by atoms with Gasteiger partial charge in [0, 0.05) is 0 Å². The van der Waals surface area contributed by atoms with Crippen LogP contribution in [-0.4, -0.2) is 6.10 Å². The Kier molecular flexibility index (Phi) is 3.74. The summed E-state index contributed by atoms with van der Waals surface area (Å²) < 4.78 is 5.66. The van der Waals surface area contributed by atoms with Crippen molar-refractivity contribution in [3.63, 3.8) is 0 Å². The Morgan fingerprint density at radius 1 is 1.33 bits per heavy atom. The molecule has 0 aliphatic heterocycles. The van der Waals surface area contributed by atoms with Crippen molar-refractivity contribution in [1.29, 1.82) is 5.26 Å². The molecule has 1 rings (SSSR count). The highest BCUT2D eigenvalue weighted by molar-refractivity contribution is 5.44. The van der Waals surface area contributed by atoms with E-state index >= 15 is 0 Å². The maximum atomic E-state index is 8.81. The Morgan fingerprint density at radius 2 is 2.00 bits per heavy atom. The second-order valence-corrected chi connectivity index (χ2v) is 3.93. The molecule has 1 aromatic rings. The van der Waals surface area contributed by atoms with Crippen molar-refractivity contribution in [3.8, 4) is 11.8 Å². The van der Waals surface area contributed by atoms with E-state index in [1.807, 2.05) is 32.9 Å². The molecule has 0 heterocycles. The lowest BCUT2D eigenvalue weighted by atomic mass is 10.00. The molecular weight excluding hydrogens is 186 g/mol. The Bertz CT molecular complexity index is 375. The van der Waals surface area contributed by atoms with Crippen molar-refractivity contribution >= 4 is 0 Å². The van der Waals surface area contributed by atoms with Crippen LogP contribution >= 0.6 is 0 Å². The minimum absolute atomic E-state index is 0.118. The van der Waals surface area contributed by atoms with E-state index in [1.165, 1.54) is 0 Å². The predicted octanol–water partition coefficient (Wildman–Crippen LogP) is 3.28. The first-order valence-corrected chi connectivity index (χ1v) is 5.08. The van der Waals surface area contributed by atoms with Crippen LogP contribution in [0, 0.1) is 18.3 Å². The van der Waals surface area contributed by atoms with Gasteiger partial charge in [-0.25, -0.2) is 0 Å². The van der Waals surface area contributed by atoms with E-state index in [1.54, 1.807) is 6.07 Å². The van der Waals surface area contributed by atoms with Gasteiger partial charge in [0.15, 0.2) is 0 Å². The largest absolute Gasteiger partial charge is 0.491 e. The molecule has 15 heavy (non-hydrogen) atoms. The maximum absolute atomic E-state index is 8.81. The number of rotatable bonds is 3. The lowest BCUT2D eigenvalue weighted by Gasteiger charge is -2.16. The SMILES string of the molecule is [CH2]C(C)c1cc(C#N)ccc1OC(C)C. The van der Waals surface area contributed by atoms with E-state index in [9.17, 15) is 0 Å². The molecule has 1 unspecified atom stereocenters. The molecular formula is C13H16NO. The van der Waals surface area contributed by atoms with Gasteiger partial charge in [-0.3, -0.25) is 0 Å². The molecule has 0 spiro atoms. The van der Waals surface area contributed by atoms with E-state index in [2.05, 4.69) is 13.0 Å². The number of benzene rings is 1. The van der Waals surface area contributed by atoms with Crippen LogP contribution in [0.15, 0.2) is 18.2 Å². The number of hydrogen-bond acceptors (Lipinski definition) is 2. The molecule has 1 atom stereocenters. The van der Waals surface area contributed by atoms with Gasteiger partial charge in [-0.1, -0.05) is 6.92 Å². The van der Waals surface area contributed by atoms with Gasteiger partial charge < -0.3 is 4.74 Å². The fourth-order valence-corrected chi connectivity index (χ4v) is 1.36. The topological polar surface area (TPSA) is 33.0 Å². The van der Waals surface area contributed by atoms with Gasteiger partial charge in [0.1, 0.15) is 5.75 Å². The van der Waals surface area contributed by atoms with Crippen LogP contribution in [0.25, 0.3) is 0 Å². The minimum atomic E-state index is 0.118. The minimum Gasteiger partial charge on any atom is -0.491 e. The van der Waals surface area contributed by atoms with Crippen molar-refractivity contribution in [2.45, 2.75) is 32.8 Å². The molecule has 0 N–H and O–H groups in total. The summed E-state index contributed by atoms with van der Waals surface area (Å²) in [6, 6.07) is 7.57. The molecule has 0 aliphatic rings. The van der Waals surface area contributed by atoms with Crippen LogP contribution in [0.2, 0.25) is 0 Å². The van der Waals surface area contributed by atoms with Crippen LogP contribution in [0.5, 0.6) is 5.75 Å². The summed E-state index contributed by atoms with van der Waals surface area (Å²) in [5.41, 5.74) is 1.64. The van der Waals surface area contributed by atoms with Crippen molar-refractivity contribution in [3.05, 3.63) is 36.2 Å². The summed E-state index contributed by atoms with van der Waals surface area (Å²) in [4.78, 5) is 0. The standard InChI is InChI=1S/C13H16NO/c1-9(2)12-7-11(8-14)5-6-13(12)15-10(3)4/h5-7,9-10H,1H2,2-4H3. The molecule has 1 aromatic carbocycles. The monoisotopic (exact) mass is 202 g/mol. The first kappa shape index (κ1) is 11.6. The summed E-state index contributed by atoms with van der Waals surface area (Å²) in [5, 5.41) is 8.81. The maximum Gasteiger partial charge on any atom is 0.123 e. The molecule has 2 heteroatoms. The zero-order chi connectivity index (χ0) is 11.4. The van der Waals surface area contributed by atoms with Crippen LogP contribution in [0.3, 0.4) is 0 Å². The van der Waals surface area contributed by atoms with Gasteiger partial charge in [-0.15, -0.1) is 0 Å². The highest BCUT2D eigenvalue weighted by atomic mass is 16.5. The highest BCUT2D eigenvalue weighted by Crippen LogP contribution is 2.27. The van der Waals surface area contributed by atoms with Gasteiger partial charge in [0.25, 0.3) is 0 Å². The average molecular weight is 202 g/mol. The van der Waals surface area contributed by atoms with Crippen LogP contribution in [0.1, 0.15) is 37.8 Å². The van der Waals surface area contributed by atoms with Crippen LogP contribution < -0.4 is 4.74 Å². The van der Waals surface area contributed by atoms with E-state index in [-0.39, 0.29) is 12.0 Å². The van der Waals surface area contributed by atoms with Crippen molar-refractivity contribution in [2.24, 2.45) is 0 Å². The molecule has 0 saturated carbocycles. The molecule has 0 saturated heterocycles. The third-order valence-corrected chi connectivity index (χ3v) is 2.03. The van der Waals surface area contributed by atoms with Gasteiger partial charge >= 0.3 is 0 Å². The fraction of sp³-hybridized carbons (Fsp3) is 0.385. The molecule has 0 bridgehead atoms. The Morgan fingerprint density at radius 3 is 2.47 bits per heavy atom. The molecule has 79 valence electrons. The number of nitrogens with zero attached hydrogens (tertiary/aromatic N) is 1. The average Bonchev–Trinajstić information content (AvgIpc) is 2.17. The molecule has 0 aliphatic carbocycles. The zero-order valence-electron chi connectivity index (χ0n) is 9.45. The van der Waals surface area contributed by atoms with Gasteiger partial charge in [0.05, 0.1) is 17.7 Å². The van der Waals surface area contributed by atoms with E-state index in [0.717, 1.165) is 11.3 Å². The second kappa shape index (κ2) is 4.84. The zero-order valence-corrected chi connectivity index (χ0v) is 9.45. The summed E-state index contributed by atoms with van der Waals surface area (Å²) in [7, 11) is 0. The van der Waals surface area contributed by atoms with Crippen LogP contribution in [-0.2, 0) is 0 Å². The molecule has 2 nitrogen and oxygen atoms in total. The van der Waals surface area contributed by atoms with Gasteiger partial charge in [-0.2, -0.15) is 5.26 Å². The first-order valence-electron chi connectivity index (χ1n) is 5.08. The van der Waals surface area contributed by atoms with Gasteiger partial charge in [0.2, 0.25) is 0 Å². The summed E-state index contributed by atoms with van der Waals surface area (Å²) in [6.45, 7) is 9.92. The Labute approximate surface area is 91.5 Å². The summed E-state index contributed by atoms with van der Waals surface area (Å²) in [5.74, 6) is 0.943. The second-order valence-electron chi connectivity index (χ2n) is 3.93. The number of hydrogen-bond donors (Lipinski definition) is 0. The third-order valence-electron chi connectivity index (χ3n) is 2.03. The molecule has 1 radical (unpaired) electrons. The predicted molar refractivity (Wildman–Crippen MR) is 60.7 cm³/mol.